The van der Waals surface area contributed by atoms with Crippen molar-refractivity contribution in [2.45, 2.75) is 41.5 Å². The fourth-order valence-corrected chi connectivity index (χ4v) is 10.5. The Hall–Kier alpha value is -9.02. The number of nitrogens with zero attached hydrogens (tertiary/aromatic N) is 8. The molecule has 0 saturated heterocycles. The molecule has 0 aliphatic rings. The third-order valence-corrected chi connectivity index (χ3v) is 13.1. The van der Waals surface area contributed by atoms with Crippen LogP contribution in [0.4, 0.5) is 0 Å². The van der Waals surface area contributed by atoms with Gasteiger partial charge in [-0.15, -0.1) is 0 Å². The normalized spacial score (nSPS) is 11.6. The topological polar surface area (TPSA) is 89.7 Å². The van der Waals surface area contributed by atoms with Gasteiger partial charge in [-0.05, 0) is 171 Å². The van der Waals surface area contributed by atoms with Crippen molar-refractivity contribution in [3.63, 3.8) is 0 Å². The number of rotatable bonds is 10. The van der Waals surface area contributed by atoms with Crippen LogP contribution < -0.4 is 9.47 Å². The lowest BCUT2D eigenvalue weighted by molar-refractivity contribution is 0.483. The van der Waals surface area contributed by atoms with Gasteiger partial charge in [-0.25, -0.2) is 19.3 Å². The summed E-state index contributed by atoms with van der Waals surface area (Å²) in [5.74, 6) is 4.32. The van der Waals surface area contributed by atoms with E-state index < -0.39 is 0 Å². The van der Waals surface area contributed by atoms with E-state index in [1.807, 2.05) is 107 Å². The third kappa shape index (κ3) is 7.46. The molecule has 0 saturated carbocycles. The number of hydrogen-bond acceptors (Lipinski definition) is 6. The minimum Gasteiger partial charge on any atom is -0.457 e. The molecule has 10 heteroatoms. The number of pyridine rings is 2. The van der Waals surface area contributed by atoms with Gasteiger partial charge in [0, 0.05) is 72.2 Å². The lowest BCUT2D eigenvalue weighted by Gasteiger charge is -2.16. The highest BCUT2D eigenvalue weighted by Gasteiger charge is 2.25. The predicted molar refractivity (Wildman–Crippen MR) is 280 cm³/mol. The van der Waals surface area contributed by atoms with Crippen LogP contribution in [0.15, 0.2) is 183 Å². The van der Waals surface area contributed by atoms with Gasteiger partial charge in [0.25, 0.3) is 0 Å². The molecule has 70 heavy (non-hydrogen) atoms. The van der Waals surface area contributed by atoms with Crippen molar-refractivity contribution in [1.29, 1.82) is 0 Å². The van der Waals surface area contributed by atoms with E-state index in [0.29, 0.717) is 23.0 Å². The van der Waals surface area contributed by atoms with Crippen LogP contribution in [0.3, 0.4) is 0 Å². The highest BCUT2D eigenvalue weighted by Crippen LogP contribution is 2.44. The van der Waals surface area contributed by atoms with Crippen molar-refractivity contribution in [2.75, 3.05) is 0 Å². The molecule has 0 N–H and O–H groups in total. The summed E-state index contributed by atoms with van der Waals surface area (Å²) in [4.78, 5) is 9.88. The van der Waals surface area contributed by atoms with E-state index in [1.54, 1.807) is 12.4 Å². The van der Waals surface area contributed by atoms with E-state index in [9.17, 15) is 0 Å². The molecule has 12 rings (SSSR count). The molecular weight excluding hydrogens is 865 g/mol. The number of ether oxygens (including phenoxy) is 2. The Kier molecular flexibility index (Phi) is 10.2. The van der Waals surface area contributed by atoms with Gasteiger partial charge >= 0.3 is 0 Å². The average Bonchev–Trinajstić information content (AvgIpc) is 4.18. The van der Waals surface area contributed by atoms with Gasteiger partial charge in [-0.2, -0.15) is 10.2 Å². The van der Waals surface area contributed by atoms with Gasteiger partial charge in [-0.1, -0.05) is 47.5 Å². The summed E-state index contributed by atoms with van der Waals surface area (Å²) in [5, 5.41) is 11.2. The molecular formula is C60H48N8O2. The second-order valence-corrected chi connectivity index (χ2v) is 18.2. The van der Waals surface area contributed by atoms with E-state index in [1.165, 1.54) is 44.5 Å². The largest absolute Gasteiger partial charge is 0.457 e. The fraction of sp³-hybridized carbons (Fsp3) is 0.100. The highest BCUT2D eigenvalue weighted by molar-refractivity contribution is 6.20. The lowest BCUT2D eigenvalue weighted by Crippen LogP contribution is -1.99. The van der Waals surface area contributed by atoms with E-state index in [-0.39, 0.29) is 0 Å². The molecule has 6 aromatic heterocycles. The van der Waals surface area contributed by atoms with Crippen molar-refractivity contribution >= 4 is 32.8 Å². The molecule has 0 atom stereocenters. The number of aromatic nitrogens is 8. The van der Waals surface area contributed by atoms with Crippen LogP contribution in [-0.4, -0.2) is 38.7 Å². The fourth-order valence-electron chi connectivity index (χ4n) is 10.5. The first kappa shape index (κ1) is 42.3. The summed E-state index contributed by atoms with van der Waals surface area (Å²) >= 11 is 0. The van der Waals surface area contributed by atoms with Gasteiger partial charge in [0.05, 0.1) is 33.4 Å². The molecule has 0 unspecified atom stereocenters. The van der Waals surface area contributed by atoms with Gasteiger partial charge in [0.2, 0.25) is 0 Å². The Morgan fingerprint density at radius 1 is 0.386 bits per heavy atom. The summed E-state index contributed by atoms with van der Waals surface area (Å²) < 4.78 is 22.0. The Balaban J connectivity index is 1.02. The van der Waals surface area contributed by atoms with Crippen LogP contribution in [-0.2, 0) is 0 Å². The van der Waals surface area contributed by atoms with E-state index >= 15 is 0 Å². The molecule has 0 radical (unpaired) electrons. The Morgan fingerprint density at radius 3 is 1.19 bits per heavy atom. The van der Waals surface area contributed by atoms with Crippen LogP contribution in [0.1, 0.15) is 33.4 Å². The van der Waals surface area contributed by atoms with Crippen LogP contribution in [0.25, 0.3) is 78.1 Å². The Morgan fingerprint density at radius 2 is 0.814 bits per heavy atom. The zero-order chi connectivity index (χ0) is 47.6. The van der Waals surface area contributed by atoms with Gasteiger partial charge in [0.1, 0.15) is 34.6 Å². The maximum absolute atomic E-state index is 6.90. The second kappa shape index (κ2) is 16.9. The molecule has 0 spiro atoms. The Bertz CT molecular complexity index is 3640. The van der Waals surface area contributed by atoms with E-state index in [2.05, 4.69) is 134 Å². The van der Waals surface area contributed by atoms with Gasteiger partial charge < -0.3 is 9.47 Å². The molecule has 6 aromatic carbocycles. The number of benzene rings is 6. The molecule has 12 aromatic rings. The van der Waals surface area contributed by atoms with Crippen LogP contribution in [0, 0.1) is 41.5 Å². The van der Waals surface area contributed by atoms with Crippen LogP contribution >= 0.6 is 0 Å². The quantitative estimate of drug-likeness (QED) is 0.136. The summed E-state index contributed by atoms with van der Waals surface area (Å²) in [5.41, 5.74) is 17.4. The molecule has 0 aliphatic carbocycles. The van der Waals surface area contributed by atoms with Gasteiger partial charge in [0.15, 0.2) is 0 Å². The number of hydrogen-bond donors (Lipinski definition) is 0. The second-order valence-electron chi connectivity index (χ2n) is 18.2. The van der Waals surface area contributed by atoms with E-state index in [4.69, 9.17) is 19.4 Å². The summed E-state index contributed by atoms with van der Waals surface area (Å²) in [6.45, 7) is 12.9. The van der Waals surface area contributed by atoms with Crippen LogP contribution in [0.5, 0.6) is 23.0 Å². The zero-order valence-electron chi connectivity index (χ0n) is 39.7. The summed E-state index contributed by atoms with van der Waals surface area (Å²) in [7, 11) is 0. The Labute approximate surface area is 405 Å². The smallest absolute Gasteiger partial charge is 0.137 e. The monoisotopic (exact) mass is 912 g/mol. The molecule has 0 amide bonds. The molecule has 0 bridgehead atoms. The average molecular weight is 913 g/mol. The minimum absolute atomic E-state index is 0.683. The van der Waals surface area contributed by atoms with E-state index in [0.717, 1.165) is 67.0 Å². The summed E-state index contributed by atoms with van der Waals surface area (Å²) in [6, 6.07) is 50.1. The summed E-state index contributed by atoms with van der Waals surface area (Å²) in [6.07, 6.45) is 11.2. The van der Waals surface area contributed by atoms with Gasteiger partial charge in [-0.3, -0.25) is 9.13 Å². The molecule has 6 heterocycles. The molecule has 0 fully saturated rings. The van der Waals surface area contributed by atoms with Crippen molar-refractivity contribution in [2.24, 2.45) is 0 Å². The van der Waals surface area contributed by atoms with Crippen molar-refractivity contribution in [3.05, 3.63) is 216 Å². The van der Waals surface area contributed by atoms with Crippen molar-refractivity contribution < 1.29 is 9.47 Å². The zero-order valence-corrected chi connectivity index (χ0v) is 39.7. The van der Waals surface area contributed by atoms with Crippen molar-refractivity contribution in [3.8, 4) is 68.3 Å². The lowest BCUT2D eigenvalue weighted by atomic mass is 9.93. The predicted octanol–water partition coefficient (Wildman–Crippen LogP) is 14.7. The number of aryl methyl sites for hydroxylation is 6. The minimum atomic E-state index is 0.683. The highest BCUT2D eigenvalue weighted by atomic mass is 16.5. The third-order valence-electron chi connectivity index (χ3n) is 13.1. The standard InChI is InChI=1S/C60H48N8O2/c1-37-25-39(3)57(40(4)26-37)43-29-45(65-23-11-21-63-65)33-49(31-43)69-47-15-17-51-53(35-47)67(55-13-7-9-19-61-55)60-52-18-16-48(36-54(52)68(59(51)60)56-14-8-10-20-62-56)70-50-32-44(30-46(34-50)66-24-12-22-64-66)58-41(5)27-38(2)28-42(58)6/h7-36H,1-6H3. The maximum Gasteiger partial charge on any atom is 0.137 e. The number of fused-ring (bicyclic) bond motifs is 5. The molecule has 0 aliphatic heterocycles. The first-order valence-electron chi connectivity index (χ1n) is 23.4. The molecule has 340 valence electrons. The van der Waals surface area contributed by atoms with Crippen molar-refractivity contribution in [1.82, 2.24) is 38.7 Å². The molecule has 10 nitrogen and oxygen atoms in total. The first-order chi connectivity index (χ1) is 34.1. The van der Waals surface area contributed by atoms with Crippen LogP contribution in [0.2, 0.25) is 0 Å². The first-order valence-corrected chi connectivity index (χ1v) is 23.4. The maximum atomic E-state index is 6.90. The SMILES string of the molecule is Cc1cc(C)c(-c2cc(Oc3ccc4c(c3)n(-c3ccccn3)c3c5ccc(Oc6cc(-c7c(C)cc(C)cc7C)cc(-n7cccn7)c6)cc5n(-c5ccccn5)c43)cc(-n3cccn3)c2)c(C)c1.